The molecule has 0 N–H and O–H groups in total. The second kappa shape index (κ2) is 14.3. The minimum atomic E-state index is -0.391. The molecule has 0 fully saturated rings. The van der Waals surface area contributed by atoms with Crippen LogP contribution in [0.25, 0.3) is 0 Å². The summed E-state index contributed by atoms with van der Waals surface area (Å²) in [5, 5.41) is 0. The molecule has 0 saturated carbocycles. The van der Waals surface area contributed by atoms with Gasteiger partial charge in [0.05, 0.1) is 18.3 Å². The van der Waals surface area contributed by atoms with Gasteiger partial charge in [-0.25, -0.2) is 4.79 Å². The Hall–Kier alpha value is -2.75. The molecule has 2 aromatic rings. The van der Waals surface area contributed by atoms with Crippen LogP contribution in [0.3, 0.4) is 0 Å². The second-order valence-electron chi connectivity index (χ2n) is 7.80. The number of hydrogen-bond acceptors (Lipinski definition) is 4. The Morgan fingerprint density at radius 3 is 2.26 bits per heavy atom. The Bertz CT molecular complexity index is 765. The summed E-state index contributed by atoms with van der Waals surface area (Å²) in [6.45, 7) is 8.68. The fourth-order valence-electron chi connectivity index (χ4n) is 3.17. The van der Waals surface area contributed by atoms with E-state index in [1.54, 1.807) is 24.3 Å². The minimum Gasteiger partial charge on any atom is -0.494 e. The number of carbonyl (C=O) groups excluding carboxylic acids is 1. The second-order valence-corrected chi connectivity index (χ2v) is 7.80. The highest BCUT2D eigenvalue weighted by Crippen LogP contribution is 2.21. The zero-order valence-electron chi connectivity index (χ0n) is 19.0. The molecule has 0 unspecified atom stereocenters. The molecule has 0 aliphatic rings. The van der Waals surface area contributed by atoms with Crippen molar-refractivity contribution < 1.29 is 19.0 Å². The quantitative estimate of drug-likeness (QED) is 0.129. The Kier molecular flexibility index (Phi) is 11.3. The van der Waals surface area contributed by atoms with Crippen molar-refractivity contribution in [3.63, 3.8) is 0 Å². The van der Waals surface area contributed by atoms with Crippen LogP contribution in [0.1, 0.15) is 75.6 Å². The van der Waals surface area contributed by atoms with E-state index in [9.17, 15) is 4.79 Å². The molecule has 0 heterocycles. The van der Waals surface area contributed by atoms with Gasteiger partial charge in [-0.3, -0.25) is 0 Å². The molecule has 0 aromatic heterocycles. The molecule has 2 aromatic carbocycles. The molecule has 0 aliphatic carbocycles. The molecule has 4 nitrogen and oxygen atoms in total. The van der Waals surface area contributed by atoms with Crippen LogP contribution >= 0.6 is 0 Å². The summed E-state index contributed by atoms with van der Waals surface area (Å²) in [5.41, 5.74) is 0.491. The summed E-state index contributed by atoms with van der Waals surface area (Å²) in [4.78, 5) is 12.4. The van der Waals surface area contributed by atoms with Crippen molar-refractivity contribution in [2.75, 3.05) is 6.61 Å². The van der Waals surface area contributed by atoms with Crippen LogP contribution in [0, 0.1) is 0 Å². The highest BCUT2D eigenvalue weighted by atomic mass is 16.5. The maximum atomic E-state index is 12.4. The van der Waals surface area contributed by atoms with Gasteiger partial charge in [-0.15, -0.1) is 6.58 Å². The average molecular weight is 425 g/mol. The van der Waals surface area contributed by atoms with Gasteiger partial charge in [0.1, 0.15) is 17.2 Å². The standard InChI is InChI=1S/C27H36O4/c1-4-6-8-10-12-22(3)30-25-15-13-23(14-16-25)27(28)31-26-19-17-24(18-20-26)29-21-11-9-7-5-2/h5,13-20,22H,2,4,6-12,21H2,1,3H3/t22-/m0/s1. The topological polar surface area (TPSA) is 44.8 Å². The molecule has 0 saturated heterocycles. The number of esters is 1. The lowest BCUT2D eigenvalue weighted by atomic mass is 10.1. The highest BCUT2D eigenvalue weighted by Gasteiger charge is 2.10. The summed E-state index contributed by atoms with van der Waals surface area (Å²) in [5.74, 6) is 1.64. The van der Waals surface area contributed by atoms with E-state index in [-0.39, 0.29) is 6.10 Å². The number of allylic oxidation sites excluding steroid dienone is 1. The molecule has 168 valence electrons. The normalized spacial score (nSPS) is 11.5. The van der Waals surface area contributed by atoms with Gasteiger partial charge in [0.2, 0.25) is 0 Å². The summed E-state index contributed by atoms with van der Waals surface area (Å²) in [6, 6.07) is 14.2. The molecule has 0 bridgehead atoms. The van der Waals surface area contributed by atoms with Gasteiger partial charge in [0.25, 0.3) is 0 Å². The Morgan fingerprint density at radius 2 is 1.58 bits per heavy atom. The molecule has 2 rings (SSSR count). The molecule has 1 atom stereocenters. The van der Waals surface area contributed by atoms with Crippen molar-refractivity contribution in [3.8, 4) is 17.2 Å². The Morgan fingerprint density at radius 1 is 0.903 bits per heavy atom. The largest absolute Gasteiger partial charge is 0.494 e. The van der Waals surface area contributed by atoms with E-state index in [0.29, 0.717) is 17.9 Å². The molecular weight excluding hydrogens is 388 g/mol. The van der Waals surface area contributed by atoms with Gasteiger partial charge in [-0.1, -0.05) is 32.3 Å². The van der Waals surface area contributed by atoms with Crippen LogP contribution in [0.5, 0.6) is 17.2 Å². The molecule has 0 radical (unpaired) electrons. The summed E-state index contributed by atoms with van der Waals surface area (Å²) in [7, 11) is 0. The number of rotatable bonds is 15. The van der Waals surface area contributed by atoms with E-state index < -0.39 is 5.97 Å². The Labute approximate surface area is 187 Å². The lowest BCUT2D eigenvalue weighted by molar-refractivity contribution is 0.0734. The van der Waals surface area contributed by atoms with Crippen LogP contribution in [-0.4, -0.2) is 18.7 Å². The number of carbonyl (C=O) groups is 1. The van der Waals surface area contributed by atoms with E-state index in [0.717, 1.165) is 37.2 Å². The molecule has 0 spiro atoms. The minimum absolute atomic E-state index is 0.164. The van der Waals surface area contributed by atoms with Gasteiger partial charge in [-0.05, 0) is 87.6 Å². The van der Waals surface area contributed by atoms with Gasteiger partial charge >= 0.3 is 5.97 Å². The fourth-order valence-corrected chi connectivity index (χ4v) is 3.17. The van der Waals surface area contributed by atoms with Crippen LogP contribution in [0.2, 0.25) is 0 Å². The van der Waals surface area contributed by atoms with Gasteiger partial charge in [0.15, 0.2) is 0 Å². The van der Waals surface area contributed by atoms with Crippen LogP contribution < -0.4 is 14.2 Å². The number of benzene rings is 2. The molecular formula is C27H36O4. The number of hydrogen-bond donors (Lipinski definition) is 0. The van der Waals surface area contributed by atoms with Gasteiger partial charge in [0, 0.05) is 0 Å². The highest BCUT2D eigenvalue weighted by molar-refractivity contribution is 5.91. The number of ether oxygens (including phenoxy) is 3. The third kappa shape index (κ3) is 9.73. The third-order valence-electron chi connectivity index (χ3n) is 5.00. The SMILES string of the molecule is C=CCCCCOc1ccc(OC(=O)c2ccc(O[C@@H](C)CCCCCC)cc2)cc1. The van der Waals surface area contributed by atoms with Crippen molar-refractivity contribution in [1.82, 2.24) is 0 Å². The van der Waals surface area contributed by atoms with E-state index in [2.05, 4.69) is 20.4 Å². The predicted octanol–water partition coefficient (Wildman–Crippen LogP) is 7.38. The van der Waals surface area contributed by atoms with E-state index in [1.165, 1.54) is 25.7 Å². The summed E-state index contributed by atoms with van der Waals surface area (Å²) >= 11 is 0. The summed E-state index contributed by atoms with van der Waals surface area (Å²) < 4.78 is 17.1. The zero-order valence-corrected chi connectivity index (χ0v) is 19.0. The van der Waals surface area contributed by atoms with Crippen LogP contribution in [0.15, 0.2) is 61.2 Å². The Balaban J connectivity index is 1.76. The van der Waals surface area contributed by atoms with Crippen molar-refractivity contribution in [3.05, 3.63) is 66.7 Å². The summed E-state index contributed by atoms with van der Waals surface area (Å²) in [6.07, 6.45) is 11.1. The average Bonchev–Trinajstić information content (AvgIpc) is 2.78. The van der Waals surface area contributed by atoms with Crippen molar-refractivity contribution in [2.45, 2.75) is 71.3 Å². The van der Waals surface area contributed by atoms with Crippen molar-refractivity contribution in [1.29, 1.82) is 0 Å². The van der Waals surface area contributed by atoms with E-state index in [4.69, 9.17) is 14.2 Å². The lowest BCUT2D eigenvalue weighted by Gasteiger charge is -2.14. The molecule has 4 heteroatoms. The van der Waals surface area contributed by atoms with Crippen molar-refractivity contribution >= 4 is 5.97 Å². The zero-order chi connectivity index (χ0) is 22.3. The first-order valence-corrected chi connectivity index (χ1v) is 11.4. The van der Waals surface area contributed by atoms with E-state index in [1.807, 2.05) is 30.3 Å². The molecule has 31 heavy (non-hydrogen) atoms. The maximum Gasteiger partial charge on any atom is 0.343 e. The smallest absolute Gasteiger partial charge is 0.343 e. The monoisotopic (exact) mass is 424 g/mol. The number of unbranched alkanes of at least 4 members (excludes halogenated alkanes) is 5. The lowest BCUT2D eigenvalue weighted by Crippen LogP contribution is -2.12. The van der Waals surface area contributed by atoms with Crippen LogP contribution in [-0.2, 0) is 0 Å². The van der Waals surface area contributed by atoms with Crippen LogP contribution in [0.4, 0.5) is 0 Å². The third-order valence-corrected chi connectivity index (χ3v) is 5.00. The first-order valence-electron chi connectivity index (χ1n) is 11.4. The first kappa shape index (κ1) is 24.5. The molecule has 0 amide bonds. The van der Waals surface area contributed by atoms with Crippen molar-refractivity contribution in [2.24, 2.45) is 0 Å². The molecule has 0 aliphatic heterocycles. The maximum absolute atomic E-state index is 12.4. The van der Waals surface area contributed by atoms with Gasteiger partial charge in [-0.2, -0.15) is 0 Å². The fraction of sp³-hybridized carbons (Fsp3) is 0.444. The van der Waals surface area contributed by atoms with E-state index >= 15 is 0 Å². The van der Waals surface area contributed by atoms with Gasteiger partial charge < -0.3 is 14.2 Å². The first-order chi connectivity index (χ1) is 15.1. The predicted molar refractivity (Wildman–Crippen MR) is 126 cm³/mol.